The first-order chi connectivity index (χ1) is 10.3. The summed E-state index contributed by atoms with van der Waals surface area (Å²) in [7, 11) is 1.61. The Morgan fingerprint density at radius 2 is 2.05 bits per heavy atom. The number of aliphatic hydroxyl groups excluding tert-OH is 1. The van der Waals surface area contributed by atoms with Crippen molar-refractivity contribution in [3.8, 4) is 5.75 Å². The van der Waals surface area contributed by atoms with Crippen molar-refractivity contribution in [2.24, 2.45) is 5.41 Å². The molecule has 0 saturated heterocycles. The third kappa shape index (κ3) is 3.74. The molecule has 2 N–H and O–H groups in total. The number of rotatable bonds is 4. The number of methoxy groups -OCH3 is 1. The number of nitrogens with zero attached hydrogens (tertiary/aromatic N) is 1. The minimum Gasteiger partial charge on any atom is -0.497 e. The molecule has 1 heterocycles. The molecule has 2 aromatic rings. The monoisotopic (exact) mass is 302 g/mol. The number of carbonyl (C=O) groups excluding carboxylic acids is 1. The van der Waals surface area contributed by atoms with Gasteiger partial charge in [0.1, 0.15) is 11.4 Å². The van der Waals surface area contributed by atoms with E-state index >= 15 is 0 Å². The van der Waals surface area contributed by atoms with Gasteiger partial charge >= 0.3 is 0 Å². The predicted molar refractivity (Wildman–Crippen MR) is 86.1 cm³/mol. The Morgan fingerprint density at radius 3 is 2.68 bits per heavy atom. The number of hydrogen-bond acceptors (Lipinski definition) is 4. The van der Waals surface area contributed by atoms with E-state index in [9.17, 15) is 9.90 Å². The Hall–Kier alpha value is -2.14. The number of ether oxygens (including phenoxy) is 1. The zero-order valence-corrected chi connectivity index (χ0v) is 13.4. The highest BCUT2D eigenvalue weighted by molar-refractivity contribution is 5.95. The number of aromatic nitrogens is 1. The number of hydrogen-bond donors (Lipinski definition) is 2. The number of amides is 1. The van der Waals surface area contributed by atoms with Crippen molar-refractivity contribution in [3.63, 3.8) is 0 Å². The molecule has 0 aliphatic rings. The van der Waals surface area contributed by atoms with Gasteiger partial charge in [0.2, 0.25) is 0 Å². The number of nitrogens with one attached hydrogen (secondary N) is 1. The molecular formula is C17H22N2O3. The van der Waals surface area contributed by atoms with Crippen LogP contribution in [0.5, 0.6) is 5.75 Å². The van der Waals surface area contributed by atoms with Gasteiger partial charge in [-0.25, -0.2) is 4.98 Å². The van der Waals surface area contributed by atoms with E-state index in [1.807, 2.05) is 39.0 Å². The molecule has 22 heavy (non-hydrogen) atoms. The summed E-state index contributed by atoms with van der Waals surface area (Å²) in [6.07, 6.45) is -0.610. The van der Waals surface area contributed by atoms with Crippen LogP contribution in [0.15, 0.2) is 30.3 Å². The van der Waals surface area contributed by atoms with Crippen LogP contribution in [0.1, 0.15) is 31.3 Å². The van der Waals surface area contributed by atoms with Gasteiger partial charge in [0.05, 0.1) is 18.7 Å². The van der Waals surface area contributed by atoms with Crippen LogP contribution in [-0.4, -0.2) is 35.8 Å². The molecule has 1 amide bonds. The second-order valence-corrected chi connectivity index (χ2v) is 6.35. The van der Waals surface area contributed by atoms with Crippen LogP contribution in [0.2, 0.25) is 0 Å². The highest BCUT2D eigenvalue weighted by atomic mass is 16.5. The van der Waals surface area contributed by atoms with Gasteiger partial charge in [-0.1, -0.05) is 26.8 Å². The van der Waals surface area contributed by atoms with E-state index in [-0.39, 0.29) is 17.9 Å². The highest BCUT2D eigenvalue weighted by Crippen LogP contribution is 2.20. The maximum atomic E-state index is 12.1. The molecule has 0 fully saturated rings. The number of fused-ring (bicyclic) bond motifs is 1. The summed E-state index contributed by atoms with van der Waals surface area (Å²) < 4.78 is 5.16. The van der Waals surface area contributed by atoms with Crippen LogP contribution in [0.25, 0.3) is 10.9 Å². The second kappa shape index (κ2) is 6.32. The predicted octanol–water partition coefficient (Wildman–Crippen LogP) is 2.38. The first kappa shape index (κ1) is 16.2. The van der Waals surface area contributed by atoms with Crippen LogP contribution in [-0.2, 0) is 0 Å². The standard InChI is InChI=1S/C17H22N2O3/c1-17(2,3)15(20)10-18-16(21)14-7-5-11-9-12(22-4)6-8-13(11)19-14/h5-9,15,20H,10H2,1-4H3,(H,18,21). The molecule has 0 aliphatic heterocycles. The van der Waals surface area contributed by atoms with E-state index in [1.54, 1.807) is 19.2 Å². The molecule has 118 valence electrons. The van der Waals surface area contributed by atoms with Gasteiger partial charge in [0.25, 0.3) is 5.91 Å². The molecule has 1 atom stereocenters. The van der Waals surface area contributed by atoms with E-state index in [1.165, 1.54) is 0 Å². The summed E-state index contributed by atoms with van der Waals surface area (Å²) in [6.45, 7) is 5.97. The molecule has 5 nitrogen and oxygen atoms in total. The zero-order valence-electron chi connectivity index (χ0n) is 13.4. The van der Waals surface area contributed by atoms with Crippen LogP contribution >= 0.6 is 0 Å². The number of aliphatic hydroxyl groups is 1. The van der Waals surface area contributed by atoms with Crippen molar-refractivity contribution in [3.05, 3.63) is 36.0 Å². The molecule has 0 aliphatic carbocycles. The Kier molecular flexibility index (Phi) is 4.66. The maximum Gasteiger partial charge on any atom is 0.269 e. The molecule has 1 unspecified atom stereocenters. The zero-order chi connectivity index (χ0) is 16.3. The third-order valence-electron chi connectivity index (χ3n) is 3.58. The molecule has 0 saturated carbocycles. The van der Waals surface area contributed by atoms with Gasteiger partial charge in [-0.15, -0.1) is 0 Å². The van der Waals surface area contributed by atoms with Crippen LogP contribution < -0.4 is 10.1 Å². The quantitative estimate of drug-likeness (QED) is 0.909. The SMILES string of the molecule is COc1ccc2nc(C(=O)NCC(O)C(C)(C)C)ccc2c1. The Balaban J connectivity index is 2.12. The molecule has 0 spiro atoms. The fourth-order valence-corrected chi connectivity index (χ4v) is 1.94. The summed E-state index contributed by atoms with van der Waals surface area (Å²) in [5.74, 6) is 0.459. The van der Waals surface area contributed by atoms with Crippen molar-refractivity contribution >= 4 is 16.8 Å². The Labute approximate surface area is 130 Å². The first-order valence-corrected chi connectivity index (χ1v) is 7.22. The van der Waals surface area contributed by atoms with Crippen molar-refractivity contribution in [2.75, 3.05) is 13.7 Å². The number of benzene rings is 1. The fourth-order valence-electron chi connectivity index (χ4n) is 1.94. The largest absolute Gasteiger partial charge is 0.497 e. The van der Waals surface area contributed by atoms with E-state index < -0.39 is 6.10 Å². The minimum absolute atomic E-state index is 0.199. The van der Waals surface area contributed by atoms with E-state index in [2.05, 4.69) is 10.3 Å². The fraction of sp³-hybridized carbons (Fsp3) is 0.412. The topological polar surface area (TPSA) is 71.5 Å². The summed E-state index contributed by atoms with van der Waals surface area (Å²) >= 11 is 0. The van der Waals surface area contributed by atoms with Crippen molar-refractivity contribution in [1.29, 1.82) is 0 Å². The van der Waals surface area contributed by atoms with E-state index in [4.69, 9.17) is 4.74 Å². The van der Waals surface area contributed by atoms with Gasteiger partial charge in [-0.05, 0) is 29.7 Å². The number of carbonyl (C=O) groups is 1. The molecule has 5 heteroatoms. The van der Waals surface area contributed by atoms with Crippen molar-refractivity contribution in [1.82, 2.24) is 10.3 Å². The highest BCUT2D eigenvalue weighted by Gasteiger charge is 2.22. The van der Waals surface area contributed by atoms with Crippen molar-refractivity contribution < 1.29 is 14.6 Å². The lowest BCUT2D eigenvalue weighted by atomic mass is 9.89. The summed E-state index contributed by atoms with van der Waals surface area (Å²) in [5.41, 5.74) is 0.782. The summed E-state index contributed by atoms with van der Waals surface area (Å²) in [4.78, 5) is 16.5. The van der Waals surface area contributed by atoms with Crippen molar-refractivity contribution in [2.45, 2.75) is 26.9 Å². The number of pyridine rings is 1. The third-order valence-corrected chi connectivity index (χ3v) is 3.58. The van der Waals surface area contributed by atoms with Gasteiger partial charge in [-0.2, -0.15) is 0 Å². The van der Waals surface area contributed by atoms with Crippen LogP contribution in [0.4, 0.5) is 0 Å². The molecule has 1 aromatic carbocycles. The lowest BCUT2D eigenvalue weighted by Gasteiger charge is -2.25. The lowest BCUT2D eigenvalue weighted by Crippen LogP contribution is -2.39. The van der Waals surface area contributed by atoms with Crippen LogP contribution in [0.3, 0.4) is 0 Å². The Morgan fingerprint density at radius 1 is 1.32 bits per heavy atom. The van der Waals surface area contributed by atoms with Gasteiger partial charge < -0.3 is 15.2 Å². The maximum absolute atomic E-state index is 12.1. The smallest absolute Gasteiger partial charge is 0.269 e. The second-order valence-electron chi connectivity index (χ2n) is 6.35. The van der Waals surface area contributed by atoms with Gasteiger partial charge in [0, 0.05) is 11.9 Å². The van der Waals surface area contributed by atoms with E-state index in [0.29, 0.717) is 5.69 Å². The molecular weight excluding hydrogens is 280 g/mol. The summed E-state index contributed by atoms with van der Waals surface area (Å²) in [6, 6.07) is 8.99. The Bertz CT molecular complexity index is 677. The molecule has 0 radical (unpaired) electrons. The molecule has 0 bridgehead atoms. The lowest BCUT2D eigenvalue weighted by molar-refractivity contribution is 0.0585. The minimum atomic E-state index is -0.610. The van der Waals surface area contributed by atoms with E-state index in [0.717, 1.165) is 16.7 Å². The molecule has 1 aromatic heterocycles. The van der Waals surface area contributed by atoms with Gasteiger partial charge in [-0.3, -0.25) is 4.79 Å². The normalized spacial score (nSPS) is 13.0. The average Bonchev–Trinajstić information content (AvgIpc) is 2.50. The van der Waals surface area contributed by atoms with Gasteiger partial charge in [0.15, 0.2) is 0 Å². The van der Waals surface area contributed by atoms with Crippen LogP contribution in [0, 0.1) is 5.41 Å². The average molecular weight is 302 g/mol. The summed E-state index contributed by atoms with van der Waals surface area (Å²) in [5, 5.41) is 13.6. The molecule has 2 rings (SSSR count). The first-order valence-electron chi connectivity index (χ1n) is 7.22.